The average Bonchev–Trinajstić information content (AvgIpc) is 2.70. The highest BCUT2D eigenvalue weighted by atomic mass is 28.5. The van der Waals surface area contributed by atoms with Gasteiger partial charge in [-0.25, -0.2) is 4.79 Å². The quantitative estimate of drug-likeness (QED) is 0.607. The van der Waals surface area contributed by atoms with Crippen molar-refractivity contribution in [3.63, 3.8) is 0 Å². The Hall–Kier alpha value is -1.05. The molecule has 33 heavy (non-hydrogen) atoms. The van der Waals surface area contributed by atoms with Crippen LogP contribution in [0.5, 0.6) is 0 Å². The van der Waals surface area contributed by atoms with Crippen LogP contribution >= 0.6 is 0 Å². The molecule has 2 fully saturated rings. The average molecular weight is 499 g/mol. The molecule has 1 aromatic heterocycles. The summed E-state index contributed by atoms with van der Waals surface area (Å²) in [6.45, 7) is 20.3. The van der Waals surface area contributed by atoms with E-state index in [4.69, 9.17) is 17.7 Å². The standard InChI is InChI=1S/C23H42N2O6Si2/c1-14(2)32(15(3)4)29-13-19-12-28-21(25-11-18(9)22(26)24-23(25)27)10-20(19)30-33(31-32,16(5)6)17(7)8/h11,14-17,19-21H,10,12-13H2,1-9H3,(H,24,26,27)/t19-,20+,21-/m1/s1. The molecule has 3 heterocycles. The Morgan fingerprint density at radius 3 is 2.06 bits per heavy atom. The van der Waals surface area contributed by atoms with Crippen molar-refractivity contribution >= 4 is 17.1 Å². The molecule has 0 saturated carbocycles. The maximum atomic E-state index is 12.5. The zero-order valence-electron chi connectivity index (χ0n) is 21.6. The zero-order valence-corrected chi connectivity index (χ0v) is 23.6. The van der Waals surface area contributed by atoms with Gasteiger partial charge in [-0.15, -0.1) is 0 Å². The third-order valence-corrected chi connectivity index (χ3v) is 17.6. The third kappa shape index (κ3) is 4.88. The van der Waals surface area contributed by atoms with E-state index in [9.17, 15) is 9.59 Å². The Labute approximate surface area is 199 Å². The maximum absolute atomic E-state index is 12.5. The largest absolute Gasteiger partial charge is 0.414 e. The predicted octanol–water partition coefficient (Wildman–Crippen LogP) is 4.34. The van der Waals surface area contributed by atoms with Gasteiger partial charge in [0.05, 0.1) is 12.7 Å². The molecule has 0 aromatic carbocycles. The number of nitrogens with one attached hydrogen (secondary N) is 1. The summed E-state index contributed by atoms with van der Waals surface area (Å²) in [5.41, 5.74) is 0.706. The second-order valence-electron chi connectivity index (χ2n) is 10.9. The summed E-state index contributed by atoms with van der Waals surface area (Å²) in [6.07, 6.45) is 1.43. The van der Waals surface area contributed by atoms with Crippen LogP contribution < -0.4 is 11.2 Å². The summed E-state index contributed by atoms with van der Waals surface area (Å²) >= 11 is 0. The zero-order chi connectivity index (χ0) is 24.7. The van der Waals surface area contributed by atoms with Crippen molar-refractivity contribution in [1.29, 1.82) is 0 Å². The number of rotatable bonds is 5. The van der Waals surface area contributed by atoms with Crippen molar-refractivity contribution in [3.8, 4) is 0 Å². The number of hydrogen-bond donors (Lipinski definition) is 1. The smallest absolute Gasteiger partial charge is 0.334 e. The van der Waals surface area contributed by atoms with Crippen molar-refractivity contribution in [2.75, 3.05) is 13.2 Å². The molecule has 188 valence electrons. The minimum absolute atomic E-state index is 0.0680. The van der Waals surface area contributed by atoms with E-state index in [0.717, 1.165) is 0 Å². The molecule has 1 N–H and O–H groups in total. The van der Waals surface area contributed by atoms with Crippen LogP contribution in [-0.4, -0.2) is 46.0 Å². The van der Waals surface area contributed by atoms with Crippen LogP contribution in [0.4, 0.5) is 0 Å². The number of H-pyrrole nitrogens is 1. The summed E-state index contributed by atoms with van der Waals surface area (Å²) in [7, 11) is -5.29. The Balaban J connectivity index is 2.01. The molecule has 2 saturated heterocycles. The van der Waals surface area contributed by atoms with Crippen molar-refractivity contribution in [1.82, 2.24) is 9.55 Å². The number of ether oxygens (including phenoxy) is 1. The third-order valence-electron chi connectivity index (χ3n) is 7.32. The number of aromatic amines is 1. The van der Waals surface area contributed by atoms with Gasteiger partial charge in [0.2, 0.25) is 0 Å². The van der Waals surface area contributed by atoms with Crippen LogP contribution in [0, 0.1) is 12.8 Å². The number of nitrogens with zero attached hydrogens (tertiary/aromatic N) is 1. The fraction of sp³-hybridized carbons (Fsp3) is 0.826. The molecule has 10 heteroatoms. The van der Waals surface area contributed by atoms with Gasteiger partial charge in [0, 0.05) is 30.7 Å². The van der Waals surface area contributed by atoms with Gasteiger partial charge in [-0.1, -0.05) is 55.4 Å². The van der Waals surface area contributed by atoms with Gasteiger partial charge in [0.25, 0.3) is 5.56 Å². The van der Waals surface area contributed by atoms with Gasteiger partial charge in [-0.2, -0.15) is 0 Å². The van der Waals surface area contributed by atoms with Crippen molar-refractivity contribution in [3.05, 3.63) is 32.6 Å². The SMILES string of the molecule is Cc1cn([C@H]2C[C@@H]3O[Si](C(C)C)(C(C)C)O[Si](C(C)C)(C(C)C)OC[C@H]3CO2)c(=O)[nH]c1=O. The number of aromatic nitrogens is 2. The van der Waals surface area contributed by atoms with E-state index in [0.29, 0.717) is 36.3 Å². The summed E-state index contributed by atoms with van der Waals surface area (Å²) in [5, 5.41) is 0. The van der Waals surface area contributed by atoms with E-state index in [2.05, 4.69) is 60.4 Å². The maximum Gasteiger partial charge on any atom is 0.334 e. The molecule has 3 atom stereocenters. The van der Waals surface area contributed by atoms with Gasteiger partial charge in [0.1, 0.15) is 6.23 Å². The Bertz CT molecular complexity index is 926. The molecular weight excluding hydrogens is 456 g/mol. The van der Waals surface area contributed by atoms with Gasteiger partial charge in [-0.05, 0) is 29.1 Å². The van der Waals surface area contributed by atoms with Crippen molar-refractivity contribution < 1.29 is 17.7 Å². The minimum atomic E-state index is -2.72. The Kier molecular flexibility index (Phi) is 7.97. The lowest BCUT2D eigenvalue weighted by atomic mass is 9.98. The van der Waals surface area contributed by atoms with Crippen molar-refractivity contribution in [2.24, 2.45) is 5.92 Å². The molecule has 0 unspecified atom stereocenters. The fourth-order valence-electron chi connectivity index (χ4n) is 5.28. The first-order valence-electron chi connectivity index (χ1n) is 12.3. The lowest BCUT2D eigenvalue weighted by molar-refractivity contribution is -0.131. The summed E-state index contributed by atoms with van der Waals surface area (Å²) < 4.78 is 28.8. The van der Waals surface area contributed by atoms with Crippen molar-refractivity contribution in [2.45, 2.75) is 103 Å². The van der Waals surface area contributed by atoms with Gasteiger partial charge >= 0.3 is 22.8 Å². The van der Waals surface area contributed by atoms with Crippen LogP contribution in [0.2, 0.25) is 22.2 Å². The second kappa shape index (κ2) is 9.90. The van der Waals surface area contributed by atoms with Crippen LogP contribution in [-0.2, 0) is 17.7 Å². The van der Waals surface area contributed by atoms with E-state index in [-0.39, 0.29) is 28.7 Å². The first-order valence-corrected chi connectivity index (χ1v) is 16.2. The first kappa shape index (κ1) is 26.6. The molecule has 2 aliphatic rings. The second-order valence-corrected chi connectivity index (χ2v) is 19.7. The predicted molar refractivity (Wildman–Crippen MR) is 133 cm³/mol. The fourth-order valence-corrected chi connectivity index (χ4v) is 16.6. The van der Waals surface area contributed by atoms with Gasteiger partial charge < -0.3 is 17.7 Å². The van der Waals surface area contributed by atoms with Crippen LogP contribution in [0.25, 0.3) is 0 Å². The molecule has 0 amide bonds. The first-order chi connectivity index (χ1) is 15.3. The monoisotopic (exact) mass is 498 g/mol. The molecule has 0 radical (unpaired) electrons. The summed E-state index contributed by atoms with van der Waals surface area (Å²) in [6, 6.07) is 0. The number of aryl methyl sites for hydroxylation is 1. The molecule has 0 aliphatic carbocycles. The molecule has 1 aromatic rings. The van der Waals surface area contributed by atoms with Crippen LogP contribution in [0.3, 0.4) is 0 Å². The van der Waals surface area contributed by atoms with Gasteiger partial charge in [0.15, 0.2) is 0 Å². The molecule has 2 aliphatic heterocycles. The summed E-state index contributed by atoms with van der Waals surface area (Å²) in [4.78, 5) is 26.7. The lowest BCUT2D eigenvalue weighted by Crippen LogP contribution is -2.65. The highest BCUT2D eigenvalue weighted by Crippen LogP contribution is 2.47. The summed E-state index contributed by atoms with van der Waals surface area (Å²) in [5.74, 6) is 0.0680. The van der Waals surface area contributed by atoms with Crippen LogP contribution in [0.1, 0.15) is 73.6 Å². The molecule has 0 spiro atoms. The highest BCUT2D eigenvalue weighted by Gasteiger charge is 2.59. The van der Waals surface area contributed by atoms with E-state index in [1.807, 2.05) is 0 Å². The molecule has 3 rings (SSSR count). The van der Waals surface area contributed by atoms with Crippen LogP contribution in [0.15, 0.2) is 15.8 Å². The topological polar surface area (TPSA) is 91.8 Å². The highest BCUT2D eigenvalue weighted by molar-refractivity contribution is 6.83. The normalized spacial score (nSPS) is 27.6. The van der Waals surface area contributed by atoms with E-state index in [1.54, 1.807) is 13.1 Å². The van der Waals surface area contributed by atoms with E-state index in [1.165, 1.54) is 4.57 Å². The molecule has 0 bridgehead atoms. The Morgan fingerprint density at radius 2 is 1.52 bits per heavy atom. The Morgan fingerprint density at radius 1 is 0.939 bits per heavy atom. The van der Waals surface area contributed by atoms with E-state index < -0.39 is 29.0 Å². The molecule has 8 nitrogen and oxygen atoms in total. The van der Waals surface area contributed by atoms with Gasteiger partial charge in [-0.3, -0.25) is 14.3 Å². The number of hydrogen-bond acceptors (Lipinski definition) is 6. The lowest BCUT2D eigenvalue weighted by Gasteiger charge is -2.53. The molecular formula is C23H42N2O6Si2. The van der Waals surface area contributed by atoms with E-state index >= 15 is 0 Å². The number of fused-ring (bicyclic) bond motifs is 1. The minimum Gasteiger partial charge on any atom is -0.414 e.